The summed E-state index contributed by atoms with van der Waals surface area (Å²) in [7, 11) is 0. The van der Waals surface area contributed by atoms with Crippen molar-refractivity contribution in [2.75, 3.05) is 9.80 Å². The van der Waals surface area contributed by atoms with Crippen LogP contribution >= 0.6 is 0 Å². The summed E-state index contributed by atoms with van der Waals surface area (Å²) in [5, 5.41) is 22.5. The Labute approximate surface area is 732 Å². The van der Waals surface area contributed by atoms with Crippen LogP contribution in [0, 0.1) is 0 Å². The van der Waals surface area contributed by atoms with Crippen molar-refractivity contribution >= 4 is 164 Å². The third-order valence-electron chi connectivity index (χ3n) is 25.8. The summed E-state index contributed by atoms with van der Waals surface area (Å²) in [6, 6.07) is 166. The van der Waals surface area contributed by atoms with Crippen molar-refractivity contribution in [1.29, 1.82) is 0 Å². The molecule has 127 heavy (non-hydrogen) atoms. The van der Waals surface area contributed by atoms with Gasteiger partial charge in [0, 0.05) is 111 Å². The van der Waals surface area contributed by atoms with E-state index in [1.807, 2.05) is 36.4 Å². The predicted molar refractivity (Wildman–Crippen MR) is 533 cm³/mol. The van der Waals surface area contributed by atoms with Gasteiger partial charge in [0.05, 0.1) is 33.1 Å². The highest BCUT2D eigenvalue weighted by Crippen LogP contribution is 2.50. The van der Waals surface area contributed by atoms with E-state index in [1.54, 1.807) is 0 Å². The van der Waals surface area contributed by atoms with Crippen molar-refractivity contribution in [3.8, 4) is 73.5 Å². The first-order valence-corrected chi connectivity index (χ1v) is 43.4. The van der Waals surface area contributed by atoms with Crippen LogP contribution in [0.15, 0.2) is 461 Å². The summed E-state index contributed by atoms with van der Waals surface area (Å²) in [4.78, 5) is 19.8. The van der Waals surface area contributed by atoms with Gasteiger partial charge >= 0.3 is 0 Å². The first kappa shape index (κ1) is 72.7. The number of nitrogens with zero attached hydrogens (tertiary/aromatic N) is 8. The maximum Gasteiger partial charge on any atom is 0.164 e. The summed E-state index contributed by atoms with van der Waals surface area (Å²) in [5.74, 6) is 1.91. The molecular formula is C119H76N8. The molecule has 0 spiro atoms. The van der Waals surface area contributed by atoms with E-state index in [0.717, 1.165) is 73.4 Å². The summed E-state index contributed by atoms with van der Waals surface area (Å²) >= 11 is 0. The standard InChI is InChI=1S/C61H39N5.C58H37N3/c1-6-16-42(17-7-1)59-62-60(43-18-8-2-9-19-43)64-61(63-59)45-31-35-51-54-38-44-30-36-52-50(40-26-32-49(33-27-40)65(46-20-10-3-11-21-46)47-22-12-4-13-23-47)34-28-41-29-37-53(57(44)56(41)52)58(54)66(55(51)39-45)48-24-14-5-15-25-48;1-4-14-41(15-5-1)59(42-16-6-2-7-17-42)44-29-24-38(25-30-44)46-32-26-39-27-34-51-57-40(28-33-50(46)56(39)57)36-52-49-35-31-45(37-55(49)61(58(51)52)43-18-8-3-9-19-43)60-53-22-12-10-20-47(53)48-21-11-13-23-54(48)60/h1-39H;1-37H. The summed E-state index contributed by atoms with van der Waals surface area (Å²) in [6.45, 7) is 0. The number of aromatic nitrogens is 6. The SMILES string of the molecule is c1ccc(-c2nc(-c3ccccc3)nc(-c3ccc4c5cc6ccc7c(-c8ccc(N(c9ccccc9)c9ccccc9)cc8)ccc8ccc(c6c87)c5n(-c5ccccc5)c4c3)n2)cc1.c1ccc(N(c2ccccc2)c2ccc(-c3ccc4ccc5c6c(ccc3c46)cc3c4ccc(-n6c7ccccc7c7ccccc76)cc4n(-c4ccccc4)c35)cc2)cc1. The van der Waals surface area contributed by atoms with Gasteiger partial charge in [-0.2, -0.15) is 0 Å². The fourth-order valence-electron chi connectivity index (χ4n) is 20.1. The van der Waals surface area contributed by atoms with E-state index in [0.29, 0.717) is 17.5 Å². The van der Waals surface area contributed by atoms with Crippen LogP contribution < -0.4 is 9.80 Å². The van der Waals surface area contributed by atoms with Crippen LogP contribution in [0.2, 0.25) is 0 Å². The molecule has 4 heterocycles. The van der Waals surface area contributed by atoms with Gasteiger partial charge < -0.3 is 23.5 Å². The van der Waals surface area contributed by atoms with E-state index in [9.17, 15) is 0 Å². The number of para-hydroxylation sites is 8. The van der Waals surface area contributed by atoms with Crippen molar-refractivity contribution < 1.29 is 0 Å². The molecule has 0 saturated carbocycles. The quantitative estimate of drug-likeness (QED) is 0.102. The number of rotatable bonds is 14. The normalized spacial score (nSPS) is 11.8. The lowest BCUT2D eigenvalue weighted by molar-refractivity contribution is 1.07. The number of fused-ring (bicyclic) bond motifs is 11. The summed E-state index contributed by atoms with van der Waals surface area (Å²) < 4.78 is 7.35. The van der Waals surface area contributed by atoms with E-state index in [-0.39, 0.29) is 0 Å². The molecule has 0 saturated heterocycles. The van der Waals surface area contributed by atoms with Crippen LogP contribution in [-0.4, -0.2) is 28.7 Å². The molecule has 0 aliphatic rings. The number of hydrogen-bond donors (Lipinski definition) is 0. The lowest BCUT2D eigenvalue weighted by Crippen LogP contribution is -2.09. The fraction of sp³-hybridized carbons (Fsp3) is 0. The lowest BCUT2D eigenvalue weighted by atomic mass is 9.89. The van der Waals surface area contributed by atoms with Crippen LogP contribution in [0.1, 0.15) is 0 Å². The molecule has 0 amide bonds. The molecule has 0 bridgehead atoms. The van der Waals surface area contributed by atoms with Crippen molar-refractivity contribution in [2.24, 2.45) is 0 Å². The molecule has 592 valence electrons. The third kappa shape index (κ3) is 12.1. The van der Waals surface area contributed by atoms with Crippen molar-refractivity contribution in [2.45, 2.75) is 0 Å². The van der Waals surface area contributed by atoms with Gasteiger partial charge in [0.25, 0.3) is 0 Å². The van der Waals surface area contributed by atoms with Crippen LogP contribution in [0.5, 0.6) is 0 Å². The van der Waals surface area contributed by atoms with Gasteiger partial charge in [-0.05, 0) is 216 Å². The Balaban J connectivity index is 0.000000138. The van der Waals surface area contributed by atoms with Gasteiger partial charge in [0.2, 0.25) is 0 Å². The highest BCUT2D eigenvalue weighted by molar-refractivity contribution is 6.35. The third-order valence-corrected chi connectivity index (χ3v) is 25.8. The Hall–Kier alpha value is -17.1. The first-order chi connectivity index (χ1) is 63.0. The second-order valence-corrected chi connectivity index (χ2v) is 32.9. The van der Waals surface area contributed by atoms with Gasteiger partial charge in [0.15, 0.2) is 17.5 Å². The largest absolute Gasteiger partial charge is 0.311 e. The first-order valence-electron chi connectivity index (χ1n) is 43.4. The molecule has 0 fully saturated rings. The molecule has 0 radical (unpaired) electrons. The monoisotopic (exact) mass is 1620 g/mol. The zero-order valence-corrected chi connectivity index (χ0v) is 69.0. The molecule has 22 aromatic carbocycles. The van der Waals surface area contributed by atoms with Gasteiger partial charge in [-0.15, -0.1) is 0 Å². The molecule has 26 aromatic rings. The average Bonchev–Trinajstić information content (AvgIpc) is 1.59. The van der Waals surface area contributed by atoms with E-state index < -0.39 is 0 Å². The number of benzene rings is 22. The Morgan fingerprint density at radius 1 is 0.165 bits per heavy atom. The van der Waals surface area contributed by atoms with E-state index in [1.165, 1.54) is 147 Å². The van der Waals surface area contributed by atoms with Crippen molar-refractivity contribution in [1.82, 2.24) is 28.7 Å². The van der Waals surface area contributed by atoms with E-state index >= 15 is 0 Å². The van der Waals surface area contributed by atoms with Gasteiger partial charge in [-0.1, -0.05) is 322 Å². The lowest BCUT2D eigenvalue weighted by Gasteiger charge is -2.25. The fourth-order valence-corrected chi connectivity index (χ4v) is 20.1. The van der Waals surface area contributed by atoms with Crippen molar-refractivity contribution in [3.63, 3.8) is 0 Å². The highest BCUT2D eigenvalue weighted by Gasteiger charge is 2.26. The predicted octanol–water partition coefficient (Wildman–Crippen LogP) is 31.9. The van der Waals surface area contributed by atoms with Crippen molar-refractivity contribution in [3.05, 3.63) is 461 Å². The van der Waals surface area contributed by atoms with Gasteiger partial charge in [-0.25, -0.2) is 15.0 Å². The molecule has 8 heteroatoms. The number of anilines is 6. The summed E-state index contributed by atoms with van der Waals surface area (Å²) in [5.41, 5.74) is 24.9. The van der Waals surface area contributed by atoms with Crippen LogP contribution in [-0.2, 0) is 0 Å². The molecule has 4 aromatic heterocycles. The molecule has 0 atom stereocenters. The minimum Gasteiger partial charge on any atom is -0.311 e. The minimum atomic E-state index is 0.630. The number of hydrogen-bond acceptors (Lipinski definition) is 5. The molecular weight excluding hydrogens is 1540 g/mol. The van der Waals surface area contributed by atoms with Gasteiger partial charge in [-0.3, -0.25) is 0 Å². The molecule has 0 aliphatic heterocycles. The topological polar surface area (TPSA) is 59.9 Å². The second kappa shape index (κ2) is 29.9. The van der Waals surface area contributed by atoms with E-state index in [4.69, 9.17) is 15.0 Å². The molecule has 0 N–H and O–H groups in total. The zero-order valence-electron chi connectivity index (χ0n) is 69.0. The Morgan fingerprint density at radius 2 is 0.465 bits per heavy atom. The Morgan fingerprint density at radius 3 is 0.882 bits per heavy atom. The highest BCUT2D eigenvalue weighted by atomic mass is 15.1. The van der Waals surface area contributed by atoms with E-state index in [2.05, 4.69) is 448 Å². The maximum atomic E-state index is 5.11. The average molecular weight is 1620 g/mol. The van der Waals surface area contributed by atoms with Crippen LogP contribution in [0.25, 0.3) is 204 Å². The van der Waals surface area contributed by atoms with Crippen LogP contribution in [0.3, 0.4) is 0 Å². The smallest absolute Gasteiger partial charge is 0.164 e. The maximum absolute atomic E-state index is 5.11. The molecule has 26 rings (SSSR count). The van der Waals surface area contributed by atoms with Gasteiger partial charge in [0.1, 0.15) is 0 Å². The molecule has 0 aliphatic carbocycles. The zero-order chi connectivity index (χ0) is 83.6. The Kier molecular flexibility index (Phi) is 17.1. The second-order valence-electron chi connectivity index (χ2n) is 32.9. The minimum absolute atomic E-state index is 0.630. The Bertz CT molecular complexity index is 8510. The molecule has 8 nitrogen and oxygen atoms in total. The van der Waals surface area contributed by atoms with Crippen LogP contribution in [0.4, 0.5) is 34.1 Å². The summed E-state index contributed by atoms with van der Waals surface area (Å²) in [6.07, 6.45) is 0. The molecule has 0 unspecified atom stereocenters.